The van der Waals surface area contributed by atoms with Crippen molar-refractivity contribution >= 4 is 34.4 Å². The lowest BCUT2D eigenvalue weighted by atomic mass is 10.1. The first-order valence-corrected chi connectivity index (χ1v) is 9.01. The molecule has 1 fully saturated rings. The van der Waals surface area contributed by atoms with E-state index in [9.17, 15) is 9.90 Å². The number of rotatable bonds is 1. The van der Waals surface area contributed by atoms with E-state index in [-0.39, 0.29) is 6.04 Å². The molecule has 138 valence electrons. The van der Waals surface area contributed by atoms with Crippen LogP contribution in [0, 0.1) is 0 Å². The number of amides is 1. The molecule has 1 atom stereocenters. The lowest BCUT2D eigenvalue weighted by molar-refractivity contribution is 0.129. The molecule has 7 nitrogen and oxygen atoms in total. The molecule has 3 N–H and O–H groups in total. The van der Waals surface area contributed by atoms with Crippen LogP contribution in [0.4, 0.5) is 4.79 Å². The van der Waals surface area contributed by atoms with E-state index in [1.807, 2.05) is 25.3 Å². The van der Waals surface area contributed by atoms with Crippen molar-refractivity contribution in [1.29, 1.82) is 0 Å². The number of furan rings is 1. The van der Waals surface area contributed by atoms with Gasteiger partial charge in [-0.2, -0.15) is 0 Å². The minimum atomic E-state index is -0.878. The van der Waals surface area contributed by atoms with Gasteiger partial charge in [0.05, 0.1) is 12.2 Å². The van der Waals surface area contributed by atoms with Crippen LogP contribution >= 0.6 is 11.6 Å². The standard InChI is InChI=1S/C18H21ClN4O3/c1-11-8-21(5-2-6-23(11)18(24)25)15-10-22(20)9-14-13-7-12(19)3-4-16(13)26-17(14)15/h3-4,7,10-11H,2,5-6,8-9,20H2,1H3,(H,24,25)/t11-/m0/s1. The predicted molar refractivity (Wildman–Crippen MR) is 99.3 cm³/mol. The number of hydrazine groups is 1. The fourth-order valence-electron chi connectivity index (χ4n) is 3.82. The molecule has 8 heteroatoms. The average Bonchev–Trinajstić information content (AvgIpc) is 2.81. The Kier molecular flexibility index (Phi) is 4.20. The summed E-state index contributed by atoms with van der Waals surface area (Å²) in [6.07, 6.45) is 1.74. The number of fused-ring (bicyclic) bond motifs is 3. The maximum atomic E-state index is 11.4. The molecule has 0 radical (unpaired) electrons. The predicted octanol–water partition coefficient (Wildman–Crippen LogP) is 3.15. The Labute approximate surface area is 156 Å². The Hall–Kier alpha value is -2.38. The second-order valence-electron chi connectivity index (χ2n) is 6.86. The maximum absolute atomic E-state index is 11.4. The summed E-state index contributed by atoms with van der Waals surface area (Å²) in [4.78, 5) is 15.1. The maximum Gasteiger partial charge on any atom is 0.407 e. The number of benzene rings is 1. The molecule has 0 unspecified atom stereocenters. The lowest BCUT2D eigenvalue weighted by Gasteiger charge is -2.32. The molecular weight excluding hydrogens is 356 g/mol. The third-order valence-corrected chi connectivity index (χ3v) is 5.28. The van der Waals surface area contributed by atoms with Crippen LogP contribution in [0.1, 0.15) is 24.7 Å². The smallest absolute Gasteiger partial charge is 0.407 e. The van der Waals surface area contributed by atoms with Gasteiger partial charge >= 0.3 is 6.09 Å². The van der Waals surface area contributed by atoms with E-state index in [2.05, 4.69) is 4.90 Å². The van der Waals surface area contributed by atoms with Crippen molar-refractivity contribution in [2.45, 2.75) is 25.9 Å². The van der Waals surface area contributed by atoms with Gasteiger partial charge in [-0.25, -0.2) is 10.6 Å². The van der Waals surface area contributed by atoms with Crippen LogP contribution in [0.15, 0.2) is 28.8 Å². The molecule has 0 bridgehead atoms. The summed E-state index contributed by atoms with van der Waals surface area (Å²) in [5.74, 6) is 6.93. The van der Waals surface area contributed by atoms with E-state index in [0.29, 0.717) is 24.7 Å². The highest BCUT2D eigenvalue weighted by molar-refractivity contribution is 6.31. The molecule has 3 heterocycles. The van der Waals surface area contributed by atoms with Crippen LogP contribution in [0.2, 0.25) is 5.02 Å². The number of hydrogen-bond donors (Lipinski definition) is 2. The van der Waals surface area contributed by atoms with Gasteiger partial charge in [-0.3, -0.25) is 0 Å². The quantitative estimate of drug-likeness (QED) is 0.743. The summed E-state index contributed by atoms with van der Waals surface area (Å²) in [5.41, 5.74) is 2.67. The van der Waals surface area contributed by atoms with Gasteiger partial charge in [0, 0.05) is 47.8 Å². The van der Waals surface area contributed by atoms with Gasteiger partial charge in [-0.1, -0.05) is 11.6 Å². The highest BCUT2D eigenvalue weighted by Crippen LogP contribution is 2.37. The van der Waals surface area contributed by atoms with Gasteiger partial charge in [0.25, 0.3) is 0 Å². The fraction of sp³-hybridized carbons (Fsp3) is 0.389. The van der Waals surface area contributed by atoms with Gasteiger partial charge in [-0.15, -0.1) is 0 Å². The zero-order chi connectivity index (χ0) is 18.4. The van der Waals surface area contributed by atoms with E-state index in [1.54, 1.807) is 11.1 Å². The second-order valence-corrected chi connectivity index (χ2v) is 7.30. The Balaban J connectivity index is 1.73. The van der Waals surface area contributed by atoms with Crippen LogP contribution in [-0.2, 0) is 6.54 Å². The minimum Gasteiger partial charge on any atom is -0.465 e. The summed E-state index contributed by atoms with van der Waals surface area (Å²) >= 11 is 6.15. The zero-order valence-corrected chi connectivity index (χ0v) is 15.2. The van der Waals surface area contributed by atoms with E-state index in [0.717, 1.165) is 41.0 Å². The van der Waals surface area contributed by atoms with E-state index in [1.165, 1.54) is 4.90 Å². The Morgan fingerprint density at radius 1 is 1.38 bits per heavy atom. The number of carboxylic acid groups (broad SMARTS) is 1. The fourth-order valence-corrected chi connectivity index (χ4v) is 3.99. The van der Waals surface area contributed by atoms with Crippen LogP contribution < -0.4 is 5.84 Å². The number of nitrogens with two attached hydrogens (primary N) is 1. The number of carbonyl (C=O) groups is 1. The summed E-state index contributed by atoms with van der Waals surface area (Å²) in [6.45, 7) is 4.32. The molecule has 1 amide bonds. The molecule has 0 aliphatic carbocycles. The molecule has 1 aromatic carbocycles. The second kappa shape index (κ2) is 6.41. The van der Waals surface area contributed by atoms with Crippen LogP contribution in [0.5, 0.6) is 0 Å². The zero-order valence-electron chi connectivity index (χ0n) is 14.5. The van der Waals surface area contributed by atoms with Crippen LogP contribution in [-0.4, -0.2) is 51.7 Å². The van der Waals surface area contributed by atoms with Crippen molar-refractivity contribution in [3.05, 3.63) is 40.7 Å². The third kappa shape index (κ3) is 2.87. The highest BCUT2D eigenvalue weighted by Gasteiger charge is 2.31. The van der Waals surface area contributed by atoms with Crippen molar-refractivity contribution in [3.63, 3.8) is 0 Å². The monoisotopic (exact) mass is 376 g/mol. The van der Waals surface area contributed by atoms with E-state index < -0.39 is 6.09 Å². The Bertz CT molecular complexity index is 894. The summed E-state index contributed by atoms with van der Waals surface area (Å²) < 4.78 is 6.13. The van der Waals surface area contributed by atoms with E-state index in [4.69, 9.17) is 21.9 Å². The molecule has 26 heavy (non-hydrogen) atoms. The normalized spacial score (nSPS) is 20.8. The SMILES string of the molecule is C[C@H]1CN(C2=CN(N)Cc3c2oc2ccc(Cl)cc32)CCCN1C(=O)O. The van der Waals surface area contributed by atoms with Crippen molar-refractivity contribution in [2.24, 2.45) is 5.84 Å². The van der Waals surface area contributed by atoms with Gasteiger partial charge in [0.1, 0.15) is 5.58 Å². The molecule has 1 aromatic heterocycles. The molecular formula is C18H21ClN4O3. The van der Waals surface area contributed by atoms with Crippen molar-refractivity contribution < 1.29 is 14.3 Å². The molecule has 0 saturated carbocycles. The van der Waals surface area contributed by atoms with Crippen molar-refractivity contribution in [3.8, 4) is 0 Å². The summed E-state index contributed by atoms with van der Waals surface area (Å²) in [6, 6.07) is 5.45. The van der Waals surface area contributed by atoms with Crippen molar-refractivity contribution in [2.75, 3.05) is 19.6 Å². The largest absolute Gasteiger partial charge is 0.465 e. The molecule has 2 aliphatic rings. The first kappa shape index (κ1) is 17.1. The number of halogens is 1. The summed E-state index contributed by atoms with van der Waals surface area (Å²) in [5, 5.41) is 12.6. The average molecular weight is 377 g/mol. The minimum absolute atomic E-state index is 0.119. The van der Waals surface area contributed by atoms with Crippen molar-refractivity contribution in [1.82, 2.24) is 14.8 Å². The van der Waals surface area contributed by atoms with Gasteiger partial charge < -0.3 is 24.3 Å². The highest BCUT2D eigenvalue weighted by atomic mass is 35.5. The van der Waals surface area contributed by atoms with Gasteiger partial charge in [0.2, 0.25) is 0 Å². The summed E-state index contributed by atoms with van der Waals surface area (Å²) in [7, 11) is 0. The molecule has 1 saturated heterocycles. The number of hydrogen-bond acceptors (Lipinski definition) is 5. The molecule has 0 spiro atoms. The molecule has 2 aliphatic heterocycles. The van der Waals surface area contributed by atoms with Crippen LogP contribution in [0.3, 0.4) is 0 Å². The topological polar surface area (TPSA) is 86.2 Å². The van der Waals surface area contributed by atoms with Crippen LogP contribution in [0.25, 0.3) is 16.7 Å². The van der Waals surface area contributed by atoms with E-state index >= 15 is 0 Å². The first-order valence-electron chi connectivity index (χ1n) is 8.63. The Morgan fingerprint density at radius 3 is 2.96 bits per heavy atom. The third-order valence-electron chi connectivity index (χ3n) is 5.04. The first-order chi connectivity index (χ1) is 12.4. The molecule has 4 rings (SSSR count). The lowest BCUT2D eigenvalue weighted by Crippen LogP contribution is -2.42. The van der Waals surface area contributed by atoms with Gasteiger partial charge in [0.15, 0.2) is 5.76 Å². The molecule has 2 aromatic rings. The number of nitrogens with zero attached hydrogens (tertiary/aromatic N) is 3. The Morgan fingerprint density at radius 2 is 2.19 bits per heavy atom. The van der Waals surface area contributed by atoms with Gasteiger partial charge in [-0.05, 0) is 31.5 Å².